The SMILES string of the molecule is COCCCSc1ccc(C(C)C)cc1. The van der Waals surface area contributed by atoms with Crippen molar-refractivity contribution in [3.8, 4) is 0 Å². The van der Waals surface area contributed by atoms with Gasteiger partial charge >= 0.3 is 0 Å². The summed E-state index contributed by atoms with van der Waals surface area (Å²) in [7, 11) is 1.75. The molecule has 2 heteroatoms. The molecule has 1 nitrogen and oxygen atoms in total. The highest BCUT2D eigenvalue weighted by atomic mass is 32.2. The molecule has 0 fully saturated rings. The lowest BCUT2D eigenvalue weighted by atomic mass is 10.0. The molecule has 0 saturated heterocycles. The summed E-state index contributed by atoms with van der Waals surface area (Å²) in [5, 5.41) is 0. The fraction of sp³-hybridized carbons (Fsp3) is 0.538. The van der Waals surface area contributed by atoms with E-state index in [2.05, 4.69) is 38.1 Å². The van der Waals surface area contributed by atoms with Crippen molar-refractivity contribution >= 4 is 11.8 Å². The van der Waals surface area contributed by atoms with Crippen molar-refractivity contribution in [1.29, 1.82) is 0 Å². The van der Waals surface area contributed by atoms with Gasteiger partial charge in [-0.05, 0) is 30.0 Å². The van der Waals surface area contributed by atoms with Gasteiger partial charge in [-0.2, -0.15) is 0 Å². The van der Waals surface area contributed by atoms with Crippen molar-refractivity contribution < 1.29 is 4.74 Å². The first kappa shape index (κ1) is 12.6. The summed E-state index contributed by atoms with van der Waals surface area (Å²) in [6.07, 6.45) is 1.12. The molecule has 0 spiro atoms. The van der Waals surface area contributed by atoms with Crippen LogP contribution in [-0.2, 0) is 4.74 Å². The molecule has 1 aromatic rings. The quantitative estimate of drug-likeness (QED) is 0.534. The third kappa shape index (κ3) is 4.72. The van der Waals surface area contributed by atoms with Crippen LogP contribution in [0.3, 0.4) is 0 Å². The van der Waals surface area contributed by atoms with Crippen molar-refractivity contribution in [1.82, 2.24) is 0 Å². The maximum absolute atomic E-state index is 5.02. The van der Waals surface area contributed by atoms with E-state index in [1.54, 1.807) is 7.11 Å². The largest absolute Gasteiger partial charge is 0.385 e. The van der Waals surface area contributed by atoms with Crippen LogP contribution in [0, 0.1) is 0 Å². The number of hydrogen-bond donors (Lipinski definition) is 0. The number of methoxy groups -OCH3 is 1. The van der Waals surface area contributed by atoms with Crippen LogP contribution >= 0.6 is 11.8 Å². The van der Waals surface area contributed by atoms with Gasteiger partial charge in [0.25, 0.3) is 0 Å². The van der Waals surface area contributed by atoms with Crippen molar-refractivity contribution in [3.05, 3.63) is 29.8 Å². The van der Waals surface area contributed by atoms with E-state index < -0.39 is 0 Å². The number of benzene rings is 1. The molecule has 0 unspecified atom stereocenters. The van der Waals surface area contributed by atoms with E-state index >= 15 is 0 Å². The van der Waals surface area contributed by atoms with Crippen LogP contribution < -0.4 is 0 Å². The molecule has 0 aliphatic carbocycles. The molecule has 0 atom stereocenters. The maximum Gasteiger partial charge on any atom is 0.0470 e. The van der Waals surface area contributed by atoms with Gasteiger partial charge in [0.2, 0.25) is 0 Å². The Morgan fingerprint density at radius 1 is 1.20 bits per heavy atom. The van der Waals surface area contributed by atoms with Crippen LogP contribution in [-0.4, -0.2) is 19.5 Å². The molecule has 0 N–H and O–H groups in total. The van der Waals surface area contributed by atoms with Gasteiger partial charge in [0, 0.05) is 24.4 Å². The van der Waals surface area contributed by atoms with Crippen LogP contribution in [0.25, 0.3) is 0 Å². The van der Waals surface area contributed by atoms with E-state index in [-0.39, 0.29) is 0 Å². The Bertz CT molecular complexity index is 266. The van der Waals surface area contributed by atoms with E-state index in [9.17, 15) is 0 Å². The van der Waals surface area contributed by atoms with Crippen molar-refractivity contribution in [3.63, 3.8) is 0 Å². The second-order valence-corrected chi connectivity index (χ2v) is 5.09. The molecule has 1 rings (SSSR count). The molecular weight excluding hydrogens is 204 g/mol. The van der Waals surface area contributed by atoms with E-state index in [1.807, 2.05) is 11.8 Å². The normalized spacial score (nSPS) is 10.9. The molecule has 0 amide bonds. The van der Waals surface area contributed by atoms with Gasteiger partial charge in [-0.15, -0.1) is 11.8 Å². The lowest BCUT2D eigenvalue weighted by Crippen LogP contribution is -1.90. The van der Waals surface area contributed by atoms with Crippen molar-refractivity contribution in [2.75, 3.05) is 19.5 Å². The molecule has 1 aromatic carbocycles. The monoisotopic (exact) mass is 224 g/mol. The minimum Gasteiger partial charge on any atom is -0.385 e. The lowest BCUT2D eigenvalue weighted by molar-refractivity contribution is 0.200. The molecule has 0 aliphatic heterocycles. The van der Waals surface area contributed by atoms with Crippen LogP contribution in [0.1, 0.15) is 31.7 Å². The van der Waals surface area contributed by atoms with Crippen LogP contribution in [0.2, 0.25) is 0 Å². The Hall–Kier alpha value is -0.470. The van der Waals surface area contributed by atoms with Gasteiger partial charge in [-0.1, -0.05) is 26.0 Å². The summed E-state index contributed by atoms with van der Waals surface area (Å²) < 4.78 is 5.02. The summed E-state index contributed by atoms with van der Waals surface area (Å²) in [5.41, 5.74) is 1.41. The maximum atomic E-state index is 5.02. The first-order chi connectivity index (χ1) is 7.24. The molecule has 0 aromatic heterocycles. The van der Waals surface area contributed by atoms with E-state index in [1.165, 1.54) is 10.5 Å². The summed E-state index contributed by atoms with van der Waals surface area (Å²) in [6, 6.07) is 8.88. The number of thioether (sulfide) groups is 1. The summed E-state index contributed by atoms with van der Waals surface area (Å²) in [5.74, 6) is 1.76. The Morgan fingerprint density at radius 3 is 2.40 bits per heavy atom. The highest BCUT2D eigenvalue weighted by Crippen LogP contribution is 2.22. The Kier molecular flexibility index (Phi) is 5.81. The molecule has 0 saturated carbocycles. The Morgan fingerprint density at radius 2 is 1.87 bits per heavy atom. The predicted octanol–water partition coefficient (Wildman–Crippen LogP) is 3.94. The highest BCUT2D eigenvalue weighted by Gasteiger charge is 1.99. The second kappa shape index (κ2) is 6.91. The van der Waals surface area contributed by atoms with Crippen molar-refractivity contribution in [2.45, 2.75) is 31.1 Å². The van der Waals surface area contributed by atoms with Gasteiger partial charge in [0.15, 0.2) is 0 Å². The molecule has 15 heavy (non-hydrogen) atoms. The number of ether oxygens (including phenoxy) is 1. The summed E-state index contributed by atoms with van der Waals surface area (Å²) >= 11 is 1.90. The first-order valence-electron chi connectivity index (χ1n) is 5.45. The lowest BCUT2D eigenvalue weighted by Gasteiger charge is -2.06. The predicted molar refractivity (Wildman–Crippen MR) is 67.7 cm³/mol. The third-order valence-corrected chi connectivity index (χ3v) is 3.41. The smallest absolute Gasteiger partial charge is 0.0470 e. The molecule has 0 aliphatic rings. The number of hydrogen-bond acceptors (Lipinski definition) is 2. The van der Waals surface area contributed by atoms with Gasteiger partial charge in [0.1, 0.15) is 0 Å². The first-order valence-corrected chi connectivity index (χ1v) is 6.44. The van der Waals surface area contributed by atoms with Crippen molar-refractivity contribution in [2.24, 2.45) is 0 Å². The van der Waals surface area contributed by atoms with Gasteiger partial charge in [0.05, 0.1) is 0 Å². The highest BCUT2D eigenvalue weighted by molar-refractivity contribution is 7.99. The molecule has 0 bridgehead atoms. The fourth-order valence-electron chi connectivity index (χ4n) is 1.34. The molecule has 84 valence electrons. The summed E-state index contributed by atoms with van der Waals surface area (Å²) in [4.78, 5) is 1.36. The fourth-order valence-corrected chi connectivity index (χ4v) is 2.17. The average Bonchev–Trinajstić information content (AvgIpc) is 2.25. The zero-order valence-electron chi connectivity index (χ0n) is 9.82. The Balaban J connectivity index is 2.36. The Labute approximate surface area is 97.2 Å². The zero-order chi connectivity index (χ0) is 11.1. The van der Waals surface area contributed by atoms with Crippen LogP contribution in [0.4, 0.5) is 0 Å². The average molecular weight is 224 g/mol. The molecule has 0 radical (unpaired) electrons. The minimum atomic E-state index is 0.623. The topological polar surface area (TPSA) is 9.23 Å². The molecular formula is C13H20OS. The summed E-state index contributed by atoms with van der Waals surface area (Å²) in [6.45, 7) is 5.30. The van der Waals surface area contributed by atoms with Crippen LogP contribution in [0.5, 0.6) is 0 Å². The number of rotatable bonds is 6. The van der Waals surface area contributed by atoms with E-state index in [0.717, 1.165) is 18.8 Å². The van der Waals surface area contributed by atoms with Gasteiger partial charge in [-0.25, -0.2) is 0 Å². The van der Waals surface area contributed by atoms with Gasteiger partial charge in [-0.3, -0.25) is 0 Å². The van der Waals surface area contributed by atoms with E-state index in [0.29, 0.717) is 5.92 Å². The van der Waals surface area contributed by atoms with E-state index in [4.69, 9.17) is 4.74 Å². The third-order valence-electron chi connectivity index (χ3n) is 2.31. The van der Waals surface area contributed by atoms with Gasteiger partial charge < -0.3 is 4.74 Å². The zero-order valence-corrected chi connectivity index (χ0v) is 10.6. The standard InChI is InChI=1S/C13H20OS/c1-11(2)12-5-7-13(8-6-12)15-10-4-9-14-3/h5-8,11H,4,9-10H2,1-3H3. The second-order valence-electron chi connectivity index (χ2n) is 3.92. The van der Waals surface area contributed by atoms with Crippen LogP contribution in [0.15, 0.2) is 29.2 Å². The minimum absolute atomic E-state index is 0.623. The molecule has 0 heterocycles.